The van der Waals surface area contributed by atoms with Crippen LogP contribution in [0.1, 0.15) is 26.3 Å². The van der Waals surface area contributed by atoms with Gasteiger partial charge in [-0.25, -0.2) is 0 Å². The third kappa shape index (κ3) is 4.86. The zero-order chi connectivity index (χ0) is 17.7. The highest BCUT2D eigenvalue weighted by atomic mass is 79.9. The number of hydrogen-bond donors (Lipinski definition) is 3. The number of carbonyl (C=O) groups is 2. The Morgan fingerprint density at radius 2 is 1.67 bits per heavy atom. The molecule has 0 spiro atoms. The fraction of sp³-hybridized carbons (Fsp3) is 0.0625. The number of hydrogen-bond acceptors (Lipinski definition) is 3. The molecule has 0 unspecified atom stereocenters. The predicted octanol–water partition coefficient (Wildman–Crippen LogP) is 3.47. The number of amides is 2. The zero-order valence-corrected chi connectivity index (χ0v) is 16.5. The average Bonchev–Trinajstić information content (AvgIpc) is 2.55. The molecule has 3 N–H and O–H groups in total. The van der Waals surface area contributed by atoms with Crippen molar-refractivity contribution >= 4 is 61.0 Å². The van der Waals surface area contributed by atoms with Crippen molar-refractivity contribution < 1.29 is 9.59 Å². The van der Waals surface area contributed by atoms with E-state index in [0.29, 0.717) is 15.6 Å². The number of halogens is 2. The Labute approximate surface area is 161 Å². The van der Waals surface area contributed by atoms with Gasteiger partial charge in [0.25, 0.3) is 11.8 Å². The fourth-order valence-electron chi connectivity index (χ4n) is 1.77. The first-order chi connectivity index (χ1) is 11.4. The van der Waals surface area contributed by atoms with E-state index in [4.69, 9.17) is 12.2 Å². The molecule has 5 nitrogen and oxygen atoms in total. The molecule has 0 aliphatic heterocycles. The summed E-state index contributed by atoms with van der Waals surface area (Å²) in [5.74, 6) is -0.750. The van der Waals surface area contributed by atoms with Crippen molar-refractivity contribution in [2.45, 2.75) is 6.92 Å². The van der Waals surface area contributed by atoms with Crippen LogP contribution in [0.25, 0.3) is 0 Å². The van der Waals surface area contributed by atoms with E-state index in [1.165, 1.54) is 0 Å². The Kier molecular flexibility index (Phi) is 6.47. The second-order valence-corrected chi connectivity index (χ2v) is 6.92. The minimum atomic E-state index is -0.382. The first kappa shape index (κ1) is 18.6. The first-order valence-corrected chi connectivity index (χ1v) is 8.80. The summed E-state index contributed by atoms with van der Waals surface area (Å²) in [6.07, 6.45) is 0. The Balaban J connectivity index is 1.91. The number of carbonyl (C=O) groups excluding carboxylic acids is 2. The molecule has 0 atom stereocenters. The minimum absolute atomic E-state index is 0.00437. The molecule has 8 heteroatoms. The first-order valence-electron chi connectivity index (χ1n) is 6.81. The quantitative estimate of drug-likeness (QED) is 0.464. The second-order valence-electron chi connectivity index (χ2n) is 4.81. The van der Waals surface area contributed by atoms with E-state index in [0.717, 1.165) is 10.0 Å². The van der Waals surface area contributed by atoms with Gasteiger partial charge in [0.1, 0.15) is 0 Å². The van der Waals surface area contributed by atoms with Gasteiger partial charge < -0.3 is 0 Å². The summed E-state index contributed by atoms with van der Waals surface area (Å²) in [6, 6.07) is 12.2. The summed E-state index contributed by atoms with van der Waals surface area (Å²) in [4.78, 5) is 24.1. The van der Waals surface area contributed by atoms with Crippen molar-refractivity contribution in [2.75, 3.05) is 0 Å². The molecule has 0 saturated carbocycles. The summed E-state index contributed by atoms with van der Waals surface area (Å²) >= 11 is 11.7. The Hall–Kier alpha value is -1.77. The fourth-order valence-corrected chi connectivity index (χ4v) is 2.75. The molecule has 0 aliphatic carbocycles. The van der Waals surface area contributed by atoms with Crippen molar-refractivity contribution in [3.63, 3.8) is 0 Å². The van der Waals surface area contributed by atoms with Crippen molar-refractivity contribution in [2.24, 2.45) is 0 Å². The molecule has 124 valence electrons. The molecule has 0 fully saturated rings. The van der Waals surface area contributed by atoms with Gasteiger partial charge in [-0.05, 0) is 64.9 Å². The average molecular weight is 471 g/mol. The molecule has 2 aromatic rings. The molecule has 2 rings (SSSR count). The largest absolute Gasteiger partial charge is 0.298 e. The molecule has 2 aromatic carbocycles. The van der Waals surface area contributed by atoms with E-state index in [1.54, 1.807) is 36.4 Å². The van der Waals surface area contributed by atoms with Gasteiger partial charge in [0.15, 0.2) is 5.11 Å². The number of aryl methyl sites for hydroxylation is 1. The number of thiocarbonyl (C=S) groups is 1. The van der Waals surface area contributed by atoms with Crippen molar-refractivity contribution in [3.05, 3.63) is 68.1 Å². The Bertz CT molecular complexity index is 812. The molecule has 0 aliphatic rings. The van der Waals surface area contributed by atoms with Crippen LogP contribution in [-0.4, -0.2) is 16.9 Å². The van der Waals surface area contributed by atoms with E-state index in [1.807, 2.05) is 13.0 Å². The third-order valence-corrected chi connectivity index (χ3v) is 4.82. The highest BCUT2D eigenvalue weighted by Crippen LogP contribution is 2.17. The van der Waals surface area contributed by atoms with Crippen LogP contribution in [0.5, 0.6) is 0 Å². The van der Waals surface area contributed by atoms with E-state index in [-0.39, 0.29) is 16.9 Å². The van der Waals surface area contributed by atoms with Crippen molar-refractivity contribution in [1.82, 2.24) is 16.2 Å². The number of benzene rings is 2. The molecular formula is C16H13Br2N3O2S. The van der Waals surface area contributed by atoms with Crippen LogP contribution < -0.4 is 16.2 Å². The lowest BCUT2D eigenvalue weighted by atomic mass is 10.1. The number of nitrogens with one attached hydrogen (secondary N) is 3. The maximum Gasteiger partial charge on any atom is 0.269 e. The van der Waals surface area contributed by atoms with Crippen LogP contribution in [0.3, 0.4) is 0 Å². The number of hydrazine groups is 1. The lowest BCUT2D eigenvalue weighted by Crippen LogP contribution is -2.48. The smallest absolute Gasteiger partial charge is 0.269 e. The summed E-state index contributed by atoms with van der Waals surface area (Å²) in [7, 11) is 0. The van der Waals surface area contributed by atoms with Crippen molar-refractivity contribution in [1.29, 1.82) is 0 Å². The monoisotopic (exact) mass is 469 g/mol. The van der Waals surface area contributed by atoms with Gasteiger partial charge in [0, 0.05) is 14.5 Å². The molecule has 2 amide bonds. The summed E-state index contributed by atoms with van der Waals surface area (Å²) in [5.41, 5.74) is 6.87. The second kappa shape index (κ2) is 8.36. The molecule has 0 heterocycles. The predicted molar refractivity (Wildman–Crippen MR) is 104 cm³/mol. The topological polar surface area (TPSA) is 70.2 Å². The molecule has 0 bridgehead atoms. The molecule has 0 saturated heterocycles. The lowest BCUT2D eigenvalue weighted by molar-refractivity contribution is 0.0934. The summed E-state index contributed by atoms with van der Waals surface area (Å²) < 4.78 is 1.48. The minimum Gasteiger partial charge on any atom is -0.298 e. The van der Waals surface area contributed by atoms with Crippen LogP contribution in [0.15, 0.2) is 51.4 Å². The molecular weight excluding hydrogens is 458 g/mol. The van der Waals surface area contributed by atoms with Crippen LogP contribution in [0.4, 0.5) is 0 Å². The highest BCUT2D eigenvalue weighted by molar-refractivity contribution is 9.10. The maximum atomic E-state index is 12.1. The van der Waals surface area contributed by atoms with Gasteiger partial charge in [-0.2, -0.15) is 0 Å². The van der Waals surface area contributed by atoms with Crippen LogP contribution in [-0.2, 0) is 0 Å². The van der Waals surface area contributed by atoms with Gasteiger partial charge in [-0.15, -0.1) is 0 Å². The van der Waals surface area contributed by atoms with E-state index in [9.17, 15) is 9.59 Å². The molecule has 0 radical (unpaired) electrons. The SMILES string of the molecule is Cc1ccc(C(=O)NNC(=S)NC(=O)c2ccccc2Br)cc1Br. The van der Waals surface area contributed by atoms with E-state index < -0.39 is 0 Å². The third-order valence-electron chi connectivity index (χ3n) is 3.07. The van der Waals surface area contributed by atoms with Crippen LogP contribution >= 0.6 is 44.1 Å². The normalized spacial score (nSPS) is 9.96. The van der Waals surface area contributed by atoms with Gasteiger partial charge >= 0.3 is 0 Å². The zero-order valence-electron chi connectivity index (χ0n) is 12.5. The molecule has 0 aromatic heterocycles. The van der Waals surface area contributed by atoms with Gasteiger partial charge in [-0.1, -0.05) is 34.1 Å². The van der Waals surface area contributed by atoms with Gasteiger partial charge in [0.05, 0.1) is 5.56 Å². The molecule has 24 heavy (non-hydrogen) atoms. The Morgan fingerprint density at radius 3 is 2.33 bits per heavy atom. The number of rotatable bonds is 2. The van der Waals surface area contributed by atoms with Crippen molar-refractivity contribution in [3.8, 4) is 0 Å². The van der Waals surface area contributed by atoms with Gasteiger partial charge in [0.2, 0.25) is 0 Å². The summed E-state index contributed by atoms with van der Waals surface area (Å²) in [6.45, 7) is 1.93. The highest BCUT2D eigenvalue weighted by Gasteiger charge is 2.12. The van der Waals surface area contributed by atoms with Crippen LogP contribution in [0.2, 0.25) is 0 Å². The summed E-state index contributed by atoms with van der Waals surface area (Å²) in [5, 5.41) is 2.49. The maximum absolute atomic E-state index is 12.1. The van der Waals surface area contributed by atoms with E-state index in [2.05, 4.69) is 48.0 Å². The van der Waals surface area contributed by atoms with E-state index >= 15 is 0 Å². The Morgan fingerprint density at radius 1 is 0.958 bits per heavy atom. The van der Waals surface area contributed by atoms with Crippen LogP contribution in [0, 0.1) is 6.92 Å². The lowest BCUT2D eigenvalue weighted by Gasteiger charge is -2.11. The standard InChI is InChI=1S/C16H13Br2N3O2S/c1-9-6-7-10(8-13(9)18)14(22)20-21-16(24)19-15(23)11-4-2-3-5-12(11)17/h2-8H,1H3,(H,20,22)(H2,19,21,23,24). The van der Waals surface area contributed by atoms with Gasteiger partial charge in [-0.3, -0.25) is 25.8 Å².